The van der Waals surface area contributed by atoms with Gasteiger partial charge in [-0.1, -0.05) is 31.7 Å². The molecule has 72 heavy (non-hydrogen) atoms. The van der Waals surface area contributed by atoms with Crippen molar-refractivity contribution in [3.63, 3.8) is 0 Å². The van der Waals surface area contributed by atoms with Crippen LogP contribution in [0.5, 0.6) is 23.5 Å². The Hall–Kier alpha value is -5.89. The van der Waals surface area contributed by atoms with Gasteiger partial charge in [-0.25, -0.2) is 0 Å². The Morgan fingerprint density at radius 1 is 0.819 bits per heavy atom. The summed E-state index contributed by atoms with van der Waals surface area (Å²) in [5.41, 5.74) is 3.69. The molecule has 1 aromatic carbocycles. The van der Waals surface area contributed by atoms with Gasteiger partial charge < -0.3 is 59.6 Å². The summed E-state index contributed by atoms with van der Waals surface area (Å²) in [6.07, 6.45) is 3.06. The van der Waals surface area contributed by atoms with Crippen LogP contribution in [0.3, 0.4) is 0 Å². The van der Waals surface area contributed by atoms with Crippen molar-refractivity contribution in [2.45, 2.75) is 50.6 Å². The number of aliphatic hydroxyl groups is 1. The van der Waals surface area contributed by atoms with Crippen molar-refractivity contribution in [3.05, 3.63) is 46.7 Å². The summed E-state index contributed by atoms with van der Waals surface area (Å²) < 4.78 is 22.8. The van der Waals surface area contributed by atoms with Gasteiger partial charge in [0.05, 0.1) is 40.4 Å². The monoisotopic (exact) mass is 1030 g/mol. The number of hydrogen-bond donors (Lipinski definition) is 6. The number of aromatic nitrogens is 2. The van der Waals surface area contributed by atoms with E-state index in [0.29, 0.717) is 90.0 Å². The fourth-order valence-corrected chi connectivity index (χ4v) is 8.88. The number of carboxylic acids is 2. The summed E-state index contributed by atoms with van der Waals surface area (Å²) in [5.74, 6) is -1.69. The predicted octanol–water partition coefficient (Wildman–Crippen LogP) is 1.51. The van der Waals surface area contributed by atoms with E-state index in [1.54, 1.807) is 15.9 Å². The van der Waals surface area contributed by atoms with E-state index in [0.717, 1.165) is 31.8 Å². The van der Waals surface area contributed by atoms with E-state index in [-0.39, 0.29) is 84.1 Å². The van der Waals surface area contributed by atoms with Crippen molar-refractivity contribution in [2.24, 2.45) is 0 Å². The first kappa shape index (κ1) is 58.7. The van der Waals surface area contributed by atoms with Crippen molar-refractivity contribution in [2.75, 3.05) is 144 Å². The first-order chi connectivity index (χ1) is 34.5. The van der Waals surface area contributed by atoms with Gasteiger partial charge in [-0.3, -0.25) is 43.6 Å². The number of aliphatic hydroxyl groups excluding tert-OH is 1. The van der Waals surface area contributed by atoms with Crippen LogP contribution in [-0.2, 0) is 35.8 Å². The minimum absolute atomic E-state index is 0.00981. The molecule has 0 atom stereocenters. The van der Waals surface area contributed by atoms with E-state index in [2.05, 4.69) is 51.9 Å². The molecule has 5 rings (SSSR count). The number of nitrogens with zero attached hydrogens (tertiary/aromatic N) is 7. The molecule has 0 spiro atoms. The second-order valence-corrected chi connectivity index (χ2v) is 19.0. The smallest absolute Gasteiger partial charge is 0.317 e. The molecule has 0 saturated carbocycles. The molecule has 24 heteroatoms. The van der Waals surface area contributed by atoms with E-state index >= 15 is 0 Å². The lowest BCUT2D eigenvalue weighted by molar-refractivity contribution is -0.140. The summed E-state index contributed by atoms with van der Waals surface area (Å²) in [6, 6.07) is 7.29. The molecule has 2 aromatic heterocycles. The van der Waals surface area contributed by atoms with E-state index < -0.39 is 17.8 Å². The molecule has 3 aromatic rings. The summed E-state index contributed by atoms with van der Waals surface area (Å²) in [7, 11) is 5.68. The Kier molecular flexibility index (Phi) is 24.1. The third kappa shape index (κ3) is 18.9. The number of thioether (sulfide) groups is 1. The predicted molar refractivity (Wildman–Crippen MR) is 268 cm³/mol. The molecule has 0 radical (unpaired) electrons. The van der Waals surface area contributed by atoms with Crippen LogP contribution in [-0.4, -0.2) is 225 Å². The van der Waals surface area contributed by atoms with Crippen LogP contribution in [0, 0.1) is 6.92 Å². The highest BCUT2D eigenvalue weighted by molar-refractivity contribution is 7.99. The maximum Gasteiger partial charge on any atom is 0.317 e. The van der Waals surface area contributed by atoms with Gasteiger partial charge in [-0.2, -0.15) is 9.97 Å². The molecule has 1 saturated heterocycles. The fraction of sp³-hybridized carbons (Fsp3) is 0.583. The molecule has 0 unspecified atom stereocenters. The Labute approximate surface area is 424 Å². The van der Waals surface area contributed by atoms with Crippen molar-refractivity contribution in [3.8, 4) is 23.5 Å². The third-order valence-corrected chi connectivity index (χ3v) is 13.0. The van der Waals surface area contributed by atoms with Gasteiger partial charge in [-0.15, -0.1) is 0 Å². The number of carbonyl (C=O) groups is 6. The van der Waals surface area contributed by atoms with Crippen LogP contribution < -0.4 is 30.2 Å². The number of rotatable bonds is 24. The minimum Gasteiger partial charge on any atom is -0.480 e. The molecule has 1 aliphatic carbocycles. The van der Waals surface area contributed by atoms with Gasteiger partial charge in [-0.05, 0) is 61.1 Å². The molecule has 1 fully saturated rings. The summed E-state index contributed by atoms with van der Waals surface area (Å²) in [6.45, 7) is 11.2. The maximum atomic E-state index is 13.3. The van der Waals surface area contributed by atoms with Crippen molar-refractivity contribution >= 4 is 53.4 Å². The molecule has 23 nitrogen and oxygen atoms in total. The van der Waals surface area contributed by atoms with Crippen molar-refractivity contribution in [1.29, 1.82) is 0 Å². The van der Waals surface area contributed by atoms with Gasteiger partial charge in [0.2, 0.25) is 23.6 Å². The third-order valence-electron chi connectivity index (χ3n) is 12.2. The average Bonchev–Trinajstić information content (AvgIpc) is 3.93. The number of fused-ring (bicyclic) bond motifs is 1. The number of aliphatic carboxylic acids is 2. The molecule has 0 bridgehead atoms. The van der Waals surface area contributed by atoms with Gasteiger partial charge in [0, 0.05) is 104 Å². The maximum absolute atomic E-state index is 13.3. The Balaban J connectivity index is 0.00000555. The topological polar surface area (TPSA) is 282 Å². The van der Waals surface area contributed by atoms with Crippen LogP contribution in [0.1, 0.15) is 53.9 Å². The normalized spacial score (nSPS) is 15.7. The molecule has 398 valence electrons. The molecule has 6 N–H and O–H groups in total. The SMILES string of the molecule is CO.COc1nc(SCCC(=O)NCCN(C)CCNC(=O)CN2CCN(CC=O)CCN(CC(=O)O)CCN(CC(=O)O)CC2)nc(OC)c1NC(=O)c1ccc(Oc2cc3c(cc2C)CCC3(C)C)o1. The number of aldehydes is 1. The number of aryl methyl sites for hydroxylation is 2. The van der Waals surface area contributed by atoms with Crippen molar-refractivity contribution in [1.82, 2.24) is 45.1 Å². The number of likely N-dealkylation sites (N-methyl/N-ethyl adjacent to an activating group) is 1. The van der Waals surface area contributed by atoms with Crippen LogP contribution >= 0.6 is 11.8 Å². The Morgan fingerprint density at radius 3 is 1.90 bits per heavy atom. The number of nitrogens with one attached hydrogen (secondary N) is 3. The number of methoxy groups -OCH3 is 2. The van der Waals surface area contributed by atoms with Crippen LogP contribution in [0.2, 0.25) is 0 Å². The zero-order valence-corrected chi connectivity index (χ0v) is 43.3. The molecular formula is C48H72N10O13S. The summed E-state index contributed by atoms with van der Waals surface area (Å²) >= 11 is 1.22. The lowest BCUT2D eigenvalue weighted by Crippen LogP contribution is -2.49. The molecule has 3 heterocycles. The van der Waals surface area contributed by atoms with E-state index in [1.807, 2.05) is 28.7 Å². The number of carboxylic acid groups (broad SMARTS) is 2. The Bertz CT molecular complexity index is 2260. The number of hydrogen-bond acceptors (Lipinski definition) is 19. The minimum atomic E-state index is -1.000. The number of ether oxygens (including phenoxy) is 3. The largest absolute Gasteiger partial charge is 0.480 e. The highest BCUT2D eigenvalue weighted by atomic mass is 32.2. The number of carbonyl (C=O) groups excluding carboxylic acids is 4. The zero-order chi connectivity index (χ0) is 52.8. The number of amides is 3. The number of anilines is 1. The molecule has 2 aliphatic rings. The quantitative estimate of drug-likeness (QED) is 0.0421. The first-order valence-electron chi connectivity index (χ1n) is 23.8. The standard InChI is InChI=1S/C47H68N10O12S.CH4O/c1-32-27-33-9-11-47(2,3)34(33)28-36(32)69-41-8-7-35(68-41)43(65)50-42-44(66-5)51-46(52-45(42)67-6)70-26-10-37(59)48-12-14-53(4)15-13-49-38(60)29-55-18-16-54(24-25-58)17-19-56(30-39(61)62)22-23-57(21-20-55)31-40(63)64;1-2/h7-8,25,27-28H,9-24,26,29-31H2,1-6H3,(H,48,59)(H,49,60)(H,50,65)(H,61,62)(H,63,64);2H,1H3. The van der Waals surface area contributed by atoms with Gasteiger partial charge in [0.1, 0.15) is 12.0 Å². The molecule has 3 amide bonds. The van der Waals surface area contributed by atoms with Crippen LogP contribution in [0.15, 0.2) is 33.8 Å². The van der Waals surface area contributed by atoms with E-state index in [1.165, 1.54) is 43.2 Å². The van der Waals surface area contributed by atoms with Crippen LogP contribution in [0.4, 0.5) is 5.69 Å². The Morgan fingerprint density at radius 2 is 1.36 bits per heavy atom. The lowest BCUT2D eigenvalue weighted by Gasteiger charge is -2.32. The van der Waals surface area contributed by atoms with Crippen molar-refractivity contribution < 1.29 is 62.7 Å². The second-order valence-electron chi connectivity index (χ2n) is 17.9. The summed E-state index contributed by atoms with van der Waals surface area (Å²) in [5, 5.41) is 34.7. The highest BCUT2D eigenvalue weighted by Gasteiger charge is 2.31. The van der Waals surface area contributed by atoms with E-state index in [4.69, 9.17) is 23.7 Å². The fourth-order valence-electron chi connectivity index (χ4n) is 8.12. The highest BCUT2D eigenvalue weighted by Crippen LogP contribution is 2.42. The zero-order valence-electron chi connectivity index (χ0n) is 42.5. The van der Waals surface area contributed by atoms with Gasteiger partial charge in [0.15, 0.2) is 16.6 Å². The average molecular weight is 1030 g/mol. The van der Waals surface area contributed by atoms with Crippen LogP contribution in [0.25, 0.3) is 0 Å². The lowest BCUT2D eigenvalue weighted by atomic mass is 9.86. The molecular weight excluding hydrogens is 957 g/mol. The van der Waals surface area contributed by atoms with Gasteiger partial charge in [0.25, 0.3) is 11.9 Å². The number of furan rings is 1. The second kappa shape index (κ2) is 29.6. The van der Waals surface area contributed by atoms with Gasteiger partial charge >= 0.3 is 11.9 Å². The number of benzene rings is 1. The summed E-state index contributed by atoms with van der Waals surface area (Å²) in [4.78, 5) is 91.6. The first-order valence-corrected chi connectivity index (χ1v) is 24.7. The van der Waals surface area contributed by atoms with E-state index in [9.17, 15) is 39.0 Å². The molecule has 1 aliphatic heterocycles.